The number of anilines is 4. The summed E-state index contributed by atoms with van der Waals surface area (Å²) >= 11 is 13.5. The van der Waals surface area contributed by atoms with E-state index in [0.29, 0.717) is 28.4 Å². The first-order chi connectivity index (χ1) is 21.7. The molecule has 1 amide bonds. The number of ether oxygens (including phenoxy) is 2. The van der Waals surface area contributed by atoms with Gasteiger partial charge in [-0.3, -0.25) is 0 Å². The van der Waals surface area contributed by atoms with E-state index < -0.39 is 32.6 Å². The summed E-state index contributed by atoms with van der Waals surface area (Å²) < 4.78 is 69.8. The van der Waals surface area contributed by atoms with Gasteiger partial charge >= 0.3 is 6.09 Å². The maximum atomic E-state index is 15.8. The lowest BCUT2D eigenvalue weighted by Gasteiger charge is -2.26. The van der Waals surface area contributed by atoms with Crippen LogP contribution < -0.4 is 24.0 Å². The molecule has 0 radical (unpaired) electrons. The average Bonchev–Trinajstić information content (AvgIpc) is 3.45. The highest BCUT2D eigenvalue weighted by Gasteiger charge is 2.32. The first-order valence-electron chi connectivity index (χ1n) is 13.3. The van der Waals surface area contributed by atoms with Gasteiger partial charge in [0.05, 0.1) is 49.0 Å². The van der Waals surface area contributed by atoms with Gasteiger partial charge < -0.3 is 29.7 Å². The SMILES string of the molecule is COc1ccc(CN(c2ncc(Cl)s2)S(=O)(=O)c2cc(Cl)c(Nc3ccc(F)cc3N(C)CCN(C)C(=O)O)cc2F)c(OC)c1. The van der Waals surface area contributed by atoms with Crippen LogP contribution in [0.25, 0.3) is 0 Å². The molecule has 4 rings (SSSR count). The molecule has 3 aromatic carbocycles. The van der Waals surface area contributed by atoms with Gasteiger partial charge in [-0.1, -0.05) is 34.5 Å². The second-order valence-corrected chi connectivity index (χ2v) is 13.7. The number of sulfonamides is 1. The van der Waals surface area contributed by atoms with E-state index in [9.17, 15) is 17.6 Å². The summed E-state index contributed by atoms with van der Waals surface area (Å²) in [6.07, 6.45) is 0.158. The summed E-state index contributed by atoms with van der Waals surface area (Å²) in [4.78, 5) is 17.2. The zero-order chi connectivity index (χ0) is 33.8. The molecule has 0 atom stereocenters. The van der Waals surface area contributed by atoms with Crippen molar-refractivity contribution in [2.24, 2.45) is 0 Å². The van der Waals surface area contributed by atoms with E-state index in [1.807, 2.05) is 0 Å². The Morgan fingerprint density at radius 1 is 1.02 bits per heavy atom. The molecule has 0 saturated carbocycles. The van der Waals surface area contributed by atoms with Crippen molar-refractivity contribution in [1.29, 1.82) is 0 Å². The molecule has 0 aliphatic heterocycles. The molecule has 0 bridgehead atoms. The van der Waals surface area contributed by atoms with Crippen molar-refractivity contribution in [3.05, 3.63) is 81.3 Å². The minimum Gasteiger partial charge on any atom is -0.497 e. The van der Waals surface area contributed by atoms with Crippen LogP contribution >= 0.6 is 34.5 Å². The van der Waals surface area contributed by atoms with Crippen molar-refractivity contribution in [2.75, 3.05) is 55.9 Å². The monoisotopic (exact) mass is 715 g/mol. The van der Waals surface area contributed by atoms with Gasteiger partial charge in [0.1, 0.15) is 32.4 Å². The topological polar surface area (TPSA) is 125 Å². The highest BCUT2D eigenvalue weighted by molar-refractivity contribution is 7.93. The van der Waals surface area contributed by atoms with Gasteiger partial charge in [0.25, 0.3) is 10.0 Å². The fourth-order valence-corrected chi connectivity index (χ4v) is 7.14. The molecule has 0 saturated heterocycles. The molecule has 11 nitrogen and oxygen atoms in total. The van der Waals surface area contributed by atoms with Crippen molar-refractivity contribution in [1.82, 2.24) is 9.88 Å². The van der Waals surface area contributed by atoms with Crippen LogP contribution in [0.3, 0.4) is 0 Å². The van der Waals surface area contributed by atoms with Crippen LogP contribution in [-0.4, -0.2) is 70.9 Å². The second kappa shape index (κ2) is 14.6. The van der Waals surface area contributed by atoms with Crippen LogP contribution in [0, 0.1) is 11.6 Å². The molecule has 246 valence electrons. The Morgan fingerprint density at radius 2 is 1.76 bits per heavy atom. The molecule has 1 heterocycles. The van der Waals surface area contributed by atoms with E-state index >= 15 is 4.39 Å². The fraction of sp³-hybridized carbons (Fsp3) is 0.241. The number of thiazole rings is 1. The number of carboxylic acid groups (broad SMARTS) is 1. The van der Waals surface area contributed by atoms with Gasteiger partial charge in [0.2, 0.25) is 5.13 Å². The number of carbonyl (C=O) groups is 1. The van der Waals surface area contributed by atoms with Gasteiger partial charge in [-0.05, 0) is 36.4 Å². The number of amides is 1. The summed E-state index contributed by atoms with van der Waals surface area (Å²) in [5.74, 6) is -0.874. The molecule has 17 heteroatoms. The van der Waals surface area contributed by atoms with Crippen LogP contribution in [0.4, 0.5) is 35.8 Å². The van der Waals surface area contributed by atoms with Gasteiger partial charge in [-0.25, -0.2) is 31.3 Å². The van der Waals surface area contributed by atoms with Crippen LogP contribution in [0.5, 0.6) is 11.5 Å². The van der Waals surface area contributed by atoms with Crippen molar-refractivity contribution < 1.29 is 36.6 Å². The number of nitrogens with one attached hydrogen (secondary N) is 1. The molecule has 4 aromatic rings. The van der Waals surface area contributed by atoms with Crippen molar-refractivity contribution in [2.45, 2.75) is 11.4 Å². The first kappa shape index (κ1) is 34.8. The molecular formula is C29H29Cl2F2N5O6S2. The van der Waals surface area contributed by atoms with E-state index in [0.717, 1.165) is 32.7 Å². The summed E-state index contributed by atoms with van der Waals surface area (Å²) in [7, 11) is 1.29. The van der Waals surface area contributed by atoms with E-state index in [2.05, 4.69) is 10.3 Å². The molecule has 46 heavy (non-hydrogen) atoms. The number of nitrogens with zero attached hydrogens (tertiary/aromatic N) is 4. The van der Waals surface area contributed by atoms with Crippen molar-refractivity contribution in [3.8, 4) is 11.5 Å². The molecule has 0 unspecified atom stereocenters. The number of halogens is 4. The lowest BCUT2D eigenvalue weighted by molar-refractivity contribution is 0.157. The van der Waals surface area contributed by atoms with Gasteiger partial charge in [-0.15, -0.1) is 0 Å². The standard InChI is InChI=1S/C29H29Cl2F2N5O6S2/c1-36(9-10-37(2)29(39)40)24-11-18(32)6-8-22(24)35-23-14-21(33)26(13-20(23)30)46(41,42)38(28-34-15-27(31)45-28)16-17-5-7-19(43-3)12-25(17)44-4/h5-8,11-15,35H,9-10,16H2,1-4H3,(H,39,40). The highest BCUT2D eigenvalue weighted by atomic mass is 35.5. The minimum atomic E-state index is -4.63. The molecule has 2 N–H and O–H groups in total. The molecule has 0 aliphatic carbocycles. The van der Waals surface area contributed by atoms with Crippen LogP contribution in [0.1, 0.15) is 5.56 Å². The second-order valence-electron chi connectivity index (χ2n) is 9.81. The van der Waals surface area contributed by atoms with Crippen LogP contribution in [-0.2, 0) is 16.6 Å². The largest absolute Gasteiger partial charge is 0.497 e. The van der Waals surface area contributed by atoms with Crippen LogP contribution in [0.15, 0.2) is 59.6 Å². The Balaban J connectivity index is 1.70. The third-order valence-corrected chi connectivity index (χ3v) is 10.1. The van der Waals surface area contributed by atoms with Crippen LogP contribution in [0.2, 0.25) is 9.36 Å². The molecule has 0 aliphatic rings. The quantitative estimate of drug-likeness (QED) is 0.152. The number of hydrogen-bond donors (Lipinski definition) is 2. The van der Waals surface area contributed by atoms with Crippen molar-refractivity contribution in [3.63, 3.8) is 0 Å². The van der Waals surface area contributed by atoms with E-state index in [4.69, 9.17) is 37.8 Å². The normalized spacial score (nSPS) is 11.2. The lowest BCUT2D eigenvalue weighted by Crippen LogP contribution is -2.34. The number of aromatic nitrogens is 1. The number of benzene rings is 3. The molecule has 0 spiro atoms. The predicted octanol–water partition coefficient (Wildman–Crippen LogP) is 6.93. The Morgan fingerprint density at radius 3 is 2.39 bits per heavy atom. The summed E-state index contributed by atoms with van der Waals surface area (Å²) in [5, 5.41) is 11.9. The van der Waals surface area contributed by atoms with Gasteiger partial charge in [-0.2, -0.15) is 0 Å². The third-order valence-electron chi connectivity index (χ3n) is 6.81. The van der Waals surface area contributed by atoms with Gasteiger partial charge in [0, 0.05) is 44.9 Å². The Bertz CT molecular complexity index is 1850. The molecule has 0 fully saturated rings. The average molecular weight is 717 g/mol. The molecule has 1 aromatic heterocycles. The maximum absolute atomic E-state index is 15.8. The number of hydrogen-bond acceptors (Lipinski definition) is 9. The Labute approximate surface area is 278 Å². The number of likely N-dealkylation sites (N-methyl/N-ethyl adjacent to an activating group) is 2. The summed E-state index contributed by atoms with van der Waals surface area (Å²) in [5.41, 5.74) is 1.07. The molecular weight excluding hydrogens is 687 g/mol. The maximum Gasteiger partial charge on any atom is 0.407 e. The number of rotatable bonds is 13. The predicted molar refractivity (Wildman–Crippen MR) is 175 cm³/mol. The Kier molecular flexibility index (Phi) is 11.0. The summed E-state index contributed by atoms with van der Waals surface area (Å²) in [6, 6.07) is 10.5. The fourth-order valence-electron chi connectivity index (χ4n) is 4.28. The summed E-state index contributed by atoms with van der Waals surface area (Å²) in [6.45, 7) is 0.0292. The smallest absolute Gasteiger partial charge is 0.407 e. The van der Waals surface area contributed by atoms with E-state index in [1.165, 1.54) is 45.7 Å². The zero-order valence-corrected chi connectivity index (χ0v) is 28.1. The zero-order valence-electron chi connectivity index (χ0n) is 24.9. The van der Waals surface area contributed by atoms with Gasteiger partial charge in [0.15, 0.2) is 0 Å². The number of methoxy groups -OCH3 is 2. The van der Waals surface area contributed by atoms with E-state index in [-0.39, 0.29) is 39.8 Å². The van der Waals surface area contributed by atoms with E-state index in [1.54, 1.807) is 30.1 Å². The Hall–Kier alpha value is -4.05. The highest BCUT2D eigenvalue weighted by Crippen LogP contribution is 2.38. The lowest BCUT2D eigenvalue weighted by atomic mass is 10.2. The minimum absolute atomic E-state index is 0.00250. The first-order valence-corrected chi connectivity index (χ1v) is 16.3. The third kappa shape index (κ3) is 7.84. The van der Waals surface area contributed by atoms with Crippen molar-refractivity contribution >= 4 is 72.8 Å².